The standard InChI is InChI=1S/4C3H9O2P.Ti/c4*1-3-6(2,4)5;/h4*3H2,1-2H3,(H,4,5);. The van der Waals surface area contributed by atoms with Crippen LogP contribution in [-0.2, 0) is 40.0 Å². The molecule has 4 atom stereocenters. The molecule has 0 heterocycles. The second kappa shape index (κ2) is 17.6. The largest absolute Gasteiger partial charge is 0.344 e. The normalized spacial score (nSPS) is 19.0. The number of hydrogen-bond acceptors (Lipinski definition) is 4. The summed E-state index contributed by atoms with van der Waals surface area (Å²) in [7, 11) is -10.6. The van der Waals surface area contributed by atoms with Crippen LogP contribution in [0.2, 0.25) is 0 Å². The van der Waals surface area contributed by atoms with Gasteiger partial charge in [-0.1, -0.05) is 27.7 Å². The van der Waals surface area contributed by atoms with Gasteiger partial charge in [0.1, 0.15) is 0 Å². The summed E-state index contributed by atoms with van der Waals surface area (Å²) in [6, 6.07) is 0. The van der Waals surface area contributed by atoms with E-state index in [1.54, 1.807) is 27.7 Å². The van der Waals surface area contributed by atoms with E-state index in [1.807, 2.05) is 0 Å². The molecule has 0 radical (unpaired) electrons. The predicted molar refractivity (Wildman–Crippen MR) is 105 cm³/mol. The molecular formula is C12H36O8P4Ti. The third-order valence-corrected chi connectivity index (χ3v) is 7.04. The molecule has 13 heteroatoms. The van der Waals surface area contributed by atoms with Crippen LogP contribution < -0.4 is 0 Å². The fourth-order valence-corrected chi connectivity index (χ4v) is 0. The maximum Gasteiger partial charge on any atom is 0.197 e. The molecule has 0 aliphatic rings. The van der Waals surface area contributed by atoms with Gasteiger partial charge in [-0.05, 0) is 0 Å². The fraction of sp³-hybridized carbons (Fsp3) is 1.00. The van der Waals surface area contributed by atoms with Crippen molar-refractivity contribution < 1.29 is 59.6 Å². The molecule has 4 unspecified atom stereocenters. The van der Waals surface area contributed by atoms with Crippen LogP contribution in [0.5, 0.6) is 0 Å². The van der Waals surface area contributed by atoms with E-state index in [0.29, 0.717) is 24.6 Å². The van der Waals surface area contributed by atoms with Crippen molar-refractivity contribution in [1.29, 1.82) is 0 Å². The summed E-state index contributed by atoms with van der Waals surface area (Å²) in [5.74, 6) is 0. The molecule has 0 aromatic rings. The Morgan fingerprint density at radius 2 is 0.520 bits per heavy atom. The minimum absolute atomic E-state index is 0. The smallest absolute Gasteiger partial charge is 0.197 e. The van der Waals surface area contributed by atoms with Crippen LogP contribution in [0.25, 0.3) is 0 Å². The quantitative estimate of drug-likeness (QED) is 0.352. The van der Waals surface area contributed by atoms with E-state index < -0.39 is 29.5 Å². The summed E-state index contributed by atoms with van der Waals surface area (Å²) >= 11 is 0. The van der Waals surface area contributed by atoms with Crippen molar-refractivity contribution in [3.63, 3.8) is 0 Å². The Bertz CT molecular complexity index is 386. The molecule has 0 aliphatic heterocycles. The van der Waals surface area contributed by atoms with Gasteiger partial charge < -0.3 is 19.6 Å². The Labute approximate surface area is 167 Å². The van der Waals surface area contributed by atoms with Gasteiger partial charge in [-0.2, -0.15) is 0 Å². The molecule has 0 fully saturated rings. The van der Waals surface area contributed by atoms with Crippen LogP contribution in [0.3, 0.4) is 0 Å². The first-order valence-corrected chi connectivity index (χ1v) is 16.6. The van der Waals surface area contributed by atoms with Crippen molar-refractivity contribution in [3.05, 3.63) is 0 Å². The van der Waals surface area contributed by atoms with Gasteiger partial charge in [-0.3, -0.25) is 18.3 Å². The van der Waals surface area contributed by atoms with E-state index in [9.17, 15) is 18.3 Å². The van der Waals surface area contributed by atoms with Crippen LogP contribution in [-0.4, -0.2) is 70.9 Å². The first-order chi connectivity index (χ1) is 10.2. The molecule has 0 aliphatic carbocycles. The topological polar surface area (TPSA) is 149 Å². The summed E-state index contributed by atoms with van der Waals surface area (Å²) in [6.45, 7) is 12.2. The minimum Gasteiger partial charge on any atom is -0.344 e. The average Bonchev–Trinajstić information content (AvgIpc) is 2.37. The van der Waals surface area contributed by atoms with Gasteiger partial charge in [0.25, 0.3) is 0 Å². The number of rotatable bonds is 4. The molecule has 0 saturated heterocycles. The molecule has 0 bridgehead atoms. The Morgan fingerprint density at radius 3 is 0.520 bits per heavy atom. The molecule has 0 aromatic carbocycles. The van der Waals surface area contributed by atoms with E-state index in [1.165, 1.54) is 26.7 Å². The van der Waals surface area contributed by atoms with Crippen LogP contribution in [0.1, 0.15) is 27.7 Å². The van der Waals surface area contributed by atoms with Crippen molar-refractivity contribution in [2.24, 2.45) is 0 Å². The van der Waals surface area contributed by atoms with Crippen molar-refractivity contribution in [2.75, 3.05) is 51.3 Å². The Hall–Kier alpha value is 1.47. The van der Waals surface area contributed by atoms with Crippen molar-refractivity contribution in [3.8, 4) is 0 Å². The predicted octanol–water partition coefficient (Wildman–Crippen LogP) is 3.62. The maximum absolute atomic E-state index is 10.1. The van der Waals surface area contributed by atoms with Gasteiger partial charge in [0.2, 0.25) is 0 Å². The second-order valence-electron chi connectivity index (χ2n) is 5.47. The summed E-state index contributed by atoms with van der Waals surface area (Å²) in [5.41, 5.74) is 0. The molecule has 0 spiro atoms. The van der Waals surface area contributed by atoms with Gasteiger partial charge >= 0.3 is 0 Å². The van der Waals surface area contributed by atoms with Crippen LogP contribution in [0.15, 0.2) is 0 Å². The summed E-state index contributed by atoms with van der Waals surface area (Å²) in [4.78, 5) is 33.5. The second-order valence-corrected chi connectivity index (χ2v) is 16.4. The number of hydrogen-bond donors (Lipinski definition) is 4. The Balaban J connectivity index is -0.0000000702. The zero-order valence-corrected chi connectivity index (χ0v) is 21.7. The van der Waals surface area contributed by atoms with E-state index in [2.05, 4.69) is 0 Å². The van der Waals surface area contributed by atoms with E-state index in [4.69, 9.17) is 19.6 Å². The van der Waals surface area contributed by atoms with Crippen molar-refractivity contribution in [2.45, 2.75) is 27.7 Å². The molecule has 4 N–H and O–H groups in total. The first-order valence-electron chi connectivity index (χ1n) is 7.41. The summed E-state index contributed by atoms with van der Waals surface area (Å²) in [6.07, 6.45) is 1.53. The molecule has 156 valence electrons. The van der Waals surface area contributed by atoms with Gasteiger partial charge in [-0.25, -0.2) is 0 Å². The van der Waals surface area contributed by atoms with Crippen molar-refractivity contribution >= 4 is 29.5 Å². The molecule has 0 saturated carbocycles. The minimum atomic E-state index is -2.65. The van der Waals surface area contributed by atoms with Gasteiger partial charge in [0.15, 0.2) is 29.5 Å². The molecule has 0 amide bonds. The Kier molecular flexibility index (Phi) is 26.2. The van der Waals surface area contributed by atoms with E-state index >= 15 is 0 Å². The van der Waals surface area contributed by atoms with Crippen LogP contribution in [0.4, 0.5) is 0 Å². The van der Waals surface area contributed by atoms with Gasteiger partial charge in [0, 0.05) is 73.0 Å². The van der Waals surface area contributed by atoms with E-state index in [0.717, 1.165) is 0 Å². The van der Waals surface area contributed by atoms with Crippen LogP contribution >= 0.6 is 29.5 Å². The SMILES string of the molecule is CCP(C)(=O)O.CCP(C)(=O)O.CCP(C)(=O)O.CCP(C)(=O)O.[Ti]. The monoisotopic (exact) mass is 480 g/mol. The van der Waals surface area contributed by atoms with Crippen molar-refractivity contribution in [1.82, 2.24) is 0 Å². The fourth-order valence-electron chi connectivity index (χ4n) is 0. The van der Waals surface area contributed by atoms with Gasteiger partial charge in [-0.15, -0.1) is 0 Å². The third kappa shape index (κ3) is 77.3. The third-order valence-electron chi connectivity index (χ3n) is 2.35. The first kappa shape index (κ1) is 37.3. The molecule has 0 rings (SSSR count). The van der Waals surface area contributed by atoms with Crippen LogP contribution in [0, 0.1) is 0 Å². The Morgan fingerprint density at radius 1 is 0.480 bits per heavy atom. The summed E-state index contributed by atoms with van der Waals surface area (Å²) < 4.78 is 40.6. The molecular weight excluding hydrogens is 444 g/mol. The average molecular weight is 480 g/mol. The zero-order valence-electron chi connectivity index (χ0n) is 16.5. The zero-order chi connectivity index (χ0) is 20.8. The molecule has 0 aromatic heterocycles. The summed E-state index contributed by atoms with van der Waals surface area (Å²) in [5, 5.41) is 0. The maximum atomic E-state index is 10.1. The molecule has 8 nitrogen and oxygen atoms in total. The van der Waals surface area contributed by atoms with Gasteiger partial charge in [0.05, 0.1) is 0 Å². The molecule has 25 heavy (non-hydrogen) atoms. The van der Waals surface area contributed by atoms with E-state index in [-0.39, 0.29) is 21.7 Å².